The van der Waals surface area contributed by atoms with Crippen LogP contribution in [0.3, 0.4) is 0 Å². The van der Waals surface area contributed by atoms with Gasteiger partial charge in [-0.15, -0.1) is 0 Å². The molecule has 1 N–H and O–H groups in total. The molecule has 1 aromatic carbocycles. The van der Waals surface area contributed by atoms with E-state index in [1.54, 1.807) is 26.0 Å². The van der Waals surface area contributed by atoms with E-state index < -0.39 is 17.5 Å². The van der Waals surface area contributed by atoms with E-state index >= 15 is 0 Å². The van der Waals surface area contributed by atoms with Gasteiger partial charge >= 0.3 is 11.9 Å². The summed E-state index contributed by atoms with van der Waals surface area (Å²) in [5, 5.41) is 10.5. The lowest BCUT2D eigenvalue weighted by Crippen LogP contribution is -2.46. The number of hydrogen-bond donors (Lipinski definition) is 1. The molecule has 0 aliphatic rings. The van der Waals surface area contributed by atoms with E-state index in [9.17, 15) is 14.7 Å². The molecular weight excluding hydrogens is 408 g/mol. The number of halogens is 2. The van der Waals surface area contributed by atoms with Gasteiger partial charge in [-0.1, -0.05) is 56.1 Å². The van der Waals surface area contributed by atoms with Crippen molar-refractivity contribution in [3.63, 3.8) is 0 Å². The topological polar surface area (TPSA) is 72.8 Å². The van der Waals surface area contributed by atoms with Crippen molar-refractivity contribution in [2.75, 3.05) is 13.2 Å². The highest BCUT2D eigenvalue weighted by Crippen LogP contribution is 2.31. The molecule has 21 heavy (non-hydrogen) atoms. The van der Waals surface area contributed by atoms with E-state index in [1.165, 1.54) is 12.1 Å². The van der Waals surface area contributed by atoms with Gasteiger partial charge in [-0.25, -0.2) is 9.59 Å². The van der Waals surface area contributed by atoms with Gasteiger partial charge in [0.25, 0.3) is 5.60 Å². The summed E-state index contributed by atoms with van der Waals surface area (Å²) in [4.78, 5) is 24.0. The summed E-state index contributed by atoms with van der Waals surface area (Å²) >= 11 is 6.67. The Bertz CT molecular complexity index is 481. The quantitative estimate of drug-likeness (QED) is 0.432. The molecule has 0 fully saturated rings. The Morgan fingerprint density at radius 1 is 1.10 bits per heavy atom. The summed E-state index contributed by atoms with van der Waals surface area (Å²) in [6, 6.07) is 6.32. The highest BCUT2D eigenvalue weighted by molar-refractivity contribution is 9.24. The van der Waals surface area contributed by atoms with Gasteiger partial charge in [0.2, 0.25) is 0 Å². The molecule has 0 heterocycles. The molecule has 5 nitrogen and oxygen atoms in total. The minimum Gasteiger partial charge on any atom is -0.463 e. The molecule has 1 rings (SSSR count). The van der Waals surface area contributed by atoms with Crippen LogP contribution in [-0.2, 0) is 24.7 Å². The van der Waals surface area contributed by atoms with Gasteiger partial charge in [0.05, 0.1) is 17.0 Å². The van der Waals surface area contributed by atoms with Gasteiger partial charge in [-0.3, -0.25) is 0 Å². The molecule has 0 aliphatic carbocycles. The fraction of sp³-hybridized carbons (Fsp3) is 0.429. The van der Waals surface area contributed by atoms with Crippen molar-refractivity contribution in [1.82, 2.24) is 0 Å². The first-order valence-corrected chi connectivity index (χ1v) is 8.16. The summed E-state index contributed by atoms with van der Waals surface area (Å²) in [6.07, 6.45) is 0. The first-order chi connectivity index (χ1) is 9.87. The SMILES string of the molecule is CCOC(=O)C(O)(C(=O)OCC)c1ccc(C(Br)Br)cc1. The zero-order chi connectivity index (χ0) is 16.0. The average molecular weight is 424 g/mol. The van der Waals surface area contributed by atoms with Crippen molar-refractivity contribution < 1.29 is 24.2 Å². The number of benzene rings is 1. The van der Waals surface area contributed by atoms with Crippen molar-refractivity contribution >= 4 is 43.8 Å². The van der Waals surface area contributed by atoms with Gasteiger partial charge in [-0.05, 0) is 19.4 Å². The number of esters is 2. The number of alkyl halides is 2. The molecule has 0 amide bonds. The van der Waals surface area contributed by atoms with Gasteiger partial charge in [0, 0.05) is 5.56 Å². The monoisotopic (exact) mass is 422 g/mol. The summed E-state index contributed by atoms with van der Waals surface area (Å²) < 4.78 is 9.52. The lowest BCUT2D eigenvalue weighted by Gasteiger charge is -2.24. The zero-order valence-corrected chi connectivity index (χ0v) is 14.8. The van der Waals surface area contributed by atoms with Crippen LogP contribution >= 0.6 is 31.9 Å². The third kappa shape index (κ3) is 4.05. The maximum absolute atomic E-state index is 12.0. The Kier molecular flexibility index (Phi) is 6.83. The van der Waals surface area contributed by atoms with Crippen LogP contribution in [0, 0.1) is 0 Å². The Hall–Kier alpha value is -0.920. The van der Waals surface area contributed by atoms with E-state index in [0.717, 1.165) is 5.56 Å². The largest absolute Gasteiger partial charge is 0.463 e. The maximum atomic E-state index is 12.0. The molecule has 0 saturated heterocycles. The molecule has 1 aromatic rings. The second-order valence-electron chi connectivity index (χ2n) is 4.07. The molecule has 0 unspecified atom stereocenters. The van der Waals surface area contributed by atoms with Crippen molar-refractivity contribution in [2.45, 2.75) is 23.2 Å². The Morgan fingerprint density at radius 2 is 1.52 bits per heavy atom. The number of hydrogen-bond acceptors (Lipinski definition) is 5. The molecule has 0 atom stereocenters. The normalized spacial score (nSPS) is 11.3. The van der Waals surface area contributed by atoms with Crippen LogP contribution < -0.4 is 0 Å². The molecule has 0 saturated carbocycles. The van der Waals surface area contributed by atoms with Crippen LogP contribution in [0.25, 0.3) is 0 Å². The number of ether oxygens (including phenoxy) is 2. The third-order valence-electron chi connectivity index (χ3n) is 2.72. The van der Waals surface area contributed by atoms with Gasteiger partial charge in [-0.2, -0.15) is 0 Å². The zero-order valence-electron chi connectivity index (χ0n) is 11.6. The lowest BCUT2D eigenvalue weighted by molar-refractivity contribution is -0.184. The van der Waals surface area contributed by atoms with Crippen LogP contribution in [0.15, 0.2) is 24.3 Å². The molecule has 0 radical (unpaired) electrons. The Balaban J connectivity index is 3.23. The molecule has 7 heteroatoms. The predicted octanol–water partition coefficient (Wildman–Crippen LogP) is 2.79. The average Bonchev–Trinajstić information content (AvgIpc) is 2.46. The Labute approximate surface area is 139 Å². The Morgan fingerprint density at radius 3 is 1.86 bits per heavy atom. The summed E-state index contributed by atoms with van der Waals surface area (Å²) in [6.45, 7) is 3.27. The van der Waals surface area contributed by atoms with Crippen LogP contribution in [0.4, 0.5) is 0 Å². The van der Waals surface area contributed by atoms with Gasteiger partial charge in [0.15, 0.2) is 0 Å². The maximum Gasteiger partial charge on any atom is 0.354 e. The fourth-order valence-electron chi connectivity index (χ4n) is 1.66. The van der Waals surface area contributed by atoms with Crippen molar-refractivity contribution in [1.29, 1.82) is 0 Å². The van der Waals surface area contributed by atoms with E-state index in [-0.39, 0.29) is 22.5 Å². The smallest absolute Gasteiger partial charge is 0.354 e. The molecular formula is C14H16Br2O5. The van der Waals surface area contributed by atoms with E-state index in [2.05, 4.69) is 31.9 Å². The molecule has 0 aromatic heterocycles. The highest BCUT2D eigenvalue weighted by atomic mass is 79.9. The molecule has 0 aliphatic heterocycles. The molecule has 0 spiro atoms. The minimum absolute atomic E-state index is 0.0451. The van der Waals surface area contributed by atoms with E-state index in [4.69, 9.17) is 9.47 Å². The standard InChI is InChI=1S/C14H16Br2O5/c1-3-20-12(17)14(19,13(18)21-4-2)10-7-5-9(6-8-10)11(15)16/h5-8,11,19H,3-4H2,1-2H3. The van der Waals surface area contributed by atoms with Crippen molar-refractivity contribution in [2.24, 2.45) is 0 Å². The molecule has 116 valence electrons. The number of carbonyl (C=O) groups is 2. The van der Waals surface area contributed by atoms with Crippen LogP contribution in [0.5, 0.6) is 0 Å². The van der Waals surface area contributed by atoms with Gasteiger partial charge < -0.3 is 14.6 Å². The first kappa shape index (κ1) is 18.1. The van der Waals surface area contributed by atoms with Crippen LogP contribution in [0.1, 0.15) is 28.7 Å². The van der Waals surface area contributed by atoms with Crippen LogP contribution in [-0.4, -0.2) is 30.3 Å². The van der Waals surface area contributed by atoms with Crippen molar-refractivity contribution in [3.05, 3.63) is 35.4 Å². The fourth-order valence-corrected chi connectivity index (χ4v) is 2.27. The number of carbonyl (C=O) groups excluding carboxylic acids is 2. The second kappa shape index (κ2) is 7.91. The van der Waals surface area contributed by atoms with E-state index in [0.29, 0.717) is 0 Å². The lowest BCUT2D eigenvalue weighted by atomic mass is 9.93. The van der Waals surface area contributed by atoms with Crippen LogP contribution in [0.2, 0.25) is 0 Å². The summed E-state index contributed by atoms with van der Waals surface area (Å²) in [5.74, 6) is -2.10. The summed E-state index contributed by atoms with van der Waals surface area (Å²) in [7, 11) is 0. The van der Waals surface area contributed by atoms with Gasteiger partial charge in [0.1, 0.15) is 0 Å². The summed E-state index contributed by atoms with van der Waals surface area (Å²) in [5.41, 5.74) is -1.49. The predicted molar refractivity (Wildman–Crippen MR) is 84.2 cm³/mol. The first-order valence-electron chi connectivity index (χ1n) is 6.33. The second-order valence-corrected chi connectivity index (χ2v) is 7.13. The number of rotatable bonds is 6. The third-order valence-corrected chi connectivity index (χ3v) is 3.78. The molecule has 0 bridgehead atoms. The van der Waals surface area contributed by atoms with E-state index in [1.807, 2.05) is 0 Å². The van der Waals surface area contributed by atoms with Crippen molar-refractivity contribution in [3.8, 4) is 0 Å². The highest BCUT2D eigenvalue weighted by Gasteiger charge is 2.49. The number of aliphatic hydroxyl groups is 1. The minimum atomic E-state index is -2.46.